The van der Waals surface area contributed by atoms with Crippen molar-refractivity contribution < 1.29 is 17.9 Å². The summed E-state index contributed by atoms with van der Waals surface area (Å²) in [7, 11) is -3.69. The van der Waals surface area contributed by atoms with Crippen molar-refractivity contribution in [3.63, 3.8) is 0 Å². The van der Waals surface area contributed by atoms with Crippen LogP contribution in [-0.2, 0) is 14.8 Å². The molecule has 178 valence electrons. The number of benzene rings is 1. The van der Waals surface area contributed by atoms with E-state index in [9.17, 15) is 13.2 Å². The largest absolute Gasteiger partial charge is 0.443 e. The zero-order valence-corrected chi connectivity index (χ0v) is 20.6. The number of amides is 1. The second-order valence-electron chi connectivity index (χ2n) is 9.94. The van der Waals surface area contributed by atoms with Crippen LogP contribution in [0.3, 0.4) is 0 Å². The number of carbonyl (C=O) groups excluding carboxylic acids is 1. The van der Waals surface area contributed by atoms with Crippen molar-refractivity contribution in [2.24, 2.45) is 0 Å². The van der Waals surface area contributed by atoms with Crippen molar-refractivity contribution in [3.8, 4) is 0 Å². The van der Waals surface area contributed by atoms with Gasteiger partial charge in [-0.2, -0.15) is 4.31 Å². The molecule has 1 aromatic heterocycles. The number of aryl methyl sites for hydroxylation is 1. The van der Waals surface area contributed by atoms with E-state index in [4.69, 9.17) is 4.74 Å². The lowest BCUT2D eigenvalue weighted by molar-refractivity contribution is 0.0547. The van der Waals surface area contributed by atoms with Crippen LogP contribution in [0.2, 0.25) is 0 Å². The first kappa shape index (κ1) is 23.7. The summed E-state index contributed by atoms with van der Waals surface area (Å²) in [6.45, 7) is 7.90. The summed E-state index contributed by atoms with van der Waals surface area (Å²) < 4.78 is 34.3. The van der Waals surface area contributed by atoms with E-state index in [1.807, 2.05) is 52.0 Å². The maximum Gasteiger partial charge on any atom is 0.416 e. The number of ether oxygens (including phenoxy) is 1. The van der Waals surface area contributed by atoms with Gasteiger partial charge < -0.3 is 4.74 Å². The van der Waals surface area contributed by atoms with E-state index in [0.29, 0.717) is 18.8 Å². The zero-order valence-electron chi connectivity index (χ0n) is 19.8. The minimum Gasteiger partial charge on any atom is -0.443 e. The summed E-state index contributed by atoms with van der Waals surface area (Å²) in [5.41, 5.74) is 1.13. The molecule has 1 saturated heterocycles. The molecular weight excluding hydrogens is 438 g/mol. The van der Waals surface area contributed by atoms with Crippen LogP contribution in [0.4, 0.5) is 10.6 Å². The molecule has 4 rings (SSSR count). The molecule has 2 aliphatic rings. The number of hydrogen-bond acceptors (Lipinski definition) is 5. The average Bonchev–Trinajstić information content (AvgIpc) is 3.20. The predicted molar refractivity (Wildman–Crippen MR) is 128 cm³/mol. The number of rotatable bonds is 5. The van der Waals surface area contributed by atoms with Crippen LogP contribution in [0.15, 0.2) is 47.5 Å². The Morgan fingerprint density at radius 3 is 2.39 bits per heavy atom. The Bertz CT molecular complexity index is 1110. The Kier molecular flexibility index (Phi) is 6.51. The third kappa shape index (κ3) is 4.92. The predicted octanol–water partition coefficient (Wildman–Crippen LogP) is 5.21. The second-order valence-corrected chi connectivity index (χ2v) is 11.8. The lowest BCUT2D eigenvalue weighted by Gasteiger charge is -2.39. The second kappa shape index (κ2) is 9.06. The van der Waals surface area contributed by atoms with Gasteiger partial charge in [0, 0.05) is 24.3 Å². The number of pyridine rings is 1. The molecule has 1 amide bonds. The molecule has 0 bridgehead atoms. The number of sulfonamides is 1. The van der Waals surface area contributed by atoms with Crippen molar-refractivity contribution in [1.82, 2.24) is 9.29 Å². The minimum atomic E-state index is -3.69. The van der Waals surface area contributed by atoms with Gasteiger partial charge in [-0.05, 0) is 78.0 Å². The van der Waals surface area contributed by atoms with Crippen LogP contribution in [0.1, 0.15) is 70.0 Å². The van der Waals surface area contributed by atoms with Gasteiger partial charge in [-0.15, -0.1) is 0 Å². The Morgan fingerprint density at radius 1 is 1.09 bits per heavy atom. The maximum atomic E-state index is 13.5. The summed E-state index contributed by atoms with van der Waals surface area (Å²) in [5.74, 6) is 0.507. The van der Waals surface area contributed by atoms with E-state index in [2.05, 4.69) is 4.98 Å². The van der Waals surface area contributed by atoms with Gasteiger partial charge in [0.2, 0.25) is 10.0 Å². The van der Waals surface area contributed by atoms with E-state index >= 15 is 0 Å². The first-order valence-electron chi connectivity index (χ1n) is 11.6. The van der Waals surface area contributed by atoms with Crippen molar-refractivity contribution in [2.45, 2.75) is 82.4 Å². The highest BCUT2D eigenvalue weighted by atomic mass is 32.2. The molecule has 1 unspecified atom stereocenters. The normalized spacial score (nSPS) is 19.8. The van der Waals surface area contributed by atoms with Crippen LogP contribution in [0.25, 0.3) is 0 Å². The number of aromatic nitrogens is 1. The smallest absolute Gasteiger partial charge is 0.416 e. The average molecular weight is 472 g/mol. The van der Waals surface area contributed by atoms with Gasteiger partial charge in [0.05, 0.1) is 10.9 Å². The first-order valence-corrected chi connectivity index (χ1v) is 13.1. The van der Waals surface area contributed by atoms with Crippen LogP contribution >= 0.6 is 0 Å². The molecule has 8 heteroatoms. The fraction of sp³-hybridized carbons (Fsp3) is 0.520. The third-order valence-corrected chi connectivity index (χ3v) is 8.19. The Balaban J connectivity index is 1.72. The summed E-state index contributed by atoms with van der Waals surface area (Å²) in [4.78, 5) is 19.7. The van der Waals surface area contributed by atoms with E-state index in [-0.39, 0.29) is 17.0 Å². The Morgan fingerprint density at radius 2 is 1.79 bits per heavy atom. The van der Waals surface area contributed by atoms with Gasteiger partial charge in [0.25, 0.3) is 0 Å². The number of carbonyl (C=O) groups is 1. The summed E-state index contributed by atoms with van der Waals surface area (Å²) in [6.07, 6.45) is 5.46. The Labute approximate surface area is 196 Å². The molecule has 2 fully saturated rings. The van der Waals surface area contributed by atoms with Crippen LogP contribution in [-0.4, -0.2) is 42.0 Å². The third-order valence-electron chi connectivity index (χ3n) is 6.27. The van der Waals surface area contributed by atoms with Crippen molar-refractivity contribution in [1.29, 1.82) is 0 Å². The molecule has 0 N–H and O–H groups in total. The molecule has 0 spiro atoms. The molecular formula is C25H33N3O4S. The molecule has 1 aromatic carbocycles. The van der Waals surface area contributed by atoms with Crippen LogP contribution in [0.5, 0.6) is 0 Å². The molecule has 2 heterocycles. The fourth-order valence-corrected chi connectivity index (χ4v) is 6.09. The monoisotopic (exact) mass is 471 g/mol. The van der Waals surface area contributed by atoms with E-state index < -0.39 is 21.7 Å². The topological polar surface area (TPSA) is 79.8 Å². The molecule has 1 saturated carbocycles. The SMILES string of the molecule is Cc1ccc(S(=O)(=O)N2CCCC2c2cccnc2N(C(=O)OC(C)(C)C)C2CCC2)cc1. The van der Waals surface area contributed by atoms with Crippen molar-refractivity contribution in [2.75, 3.05) is 11.4 Å². The quantitative estimate of drug-likeness (QED) is 0.598. The highest BCUT2D eigenvalue weighted by molar-refractivity contribution is 7.89. The van der Waals surface area contributed by atoms with Gasteiger partial charge in [0.1, 0.15) is 11.4 Å². The maximum absolute atomic E-state index is 13.5. The van der Waals surface area contributed by atoms with Crippen molar-refractivity contribution >= 4 is 21.9 Å². The lowest BCUT2D eigenvalue weighted by Crippen LogP contribution is -2.48. The van der Waals surface area contributed by atoms with Crippen LogP contribution < -0.4 is 4.90 Å². The molecule has 1 aliphatic carbocycles. The van der Waals surface area contributed by atoms with Crippen molar-refractivity contribution in [3.05, 3.63) is 53.7 Å². The Hall–Kier alpha value is -2.45. The van der Waals surface area contributed by atoms with Gasteiger partial charge in [-0.3, -0.25) is 4.90 Å². The molecule has 33 heavy (non-hydrogen) atoms. The number of hydrogen-bond donors (Lipinski definition) is 0. The highest BCUT2D eigenvalue weighted by Gasteiger charge is 2.41. The minimum absolute atomic E-state index is 0.0112. The summed E-state index contributed by atoms with van der Waals surface area (Å²) >= 11 is 0. The van der Waals surface area contributed by atoms with E-state index in [1.165, 1.54) is 0 Å². The van der Waals surface area contributed by atoms with Gasteiger partial charge in [-0.25, -0.2) is 18.2 Å². The first-order chi connectivity index (χ1) is 15.6. The molecule has 7 nitrogen and oxygen atoms in total. The van der Waals surface area contributed by atoms with Gasteiger partial charge in [-0.1, -0.05) is 23.8 Å². The number of anilines is 1. The summed E-state index contributed by atoms with van der Waals surface area (Å²) in [6, 6.07) is 10.3. The summed E-state index contributed by atoms with van der Waals surface area (Å²) in [5, 5.41) is 0. The zero-order chi connectivity index (χ0) is 23.8. The van der Waals surface area contributed by atoms with E-state index in [0.717, 1.165) is 36.8 Å². The van der Waals surface area contributed by atoms with Gasteiger partial charge >= 0.3 is 6.09 Å². The molecule has 1 atom stereocenters. The lowest BCUT2D eigenvalue weighted by atomic mass is 9.91. The highest BCUT2D eigenvalue weighted by Crippen LogP contribution is 2.42. The van der Waals surface area contributed by atoms with Crippen LogP contribution in [0, 0.1) is 6.92 Å². The fourth-order valence-electron chi connectivity index (χ4n) is 4.42. The molecule has 1 aliphatic heterocycles. The number of nitrogens with zero attached hydrogens (tertiary/aromatic N) is 3. The van der Waals surface area contributed by atoms with E-state index in [1.54, 1.807) is 27.5 Å². The standard InChI is InChI=1S/C25H33N3O4S/c1-18-12-14-20(15-13-18)33(30,31)27-17-7-11-22(27)21-10-6-16-26-23(21)28(19-8-5-9-19)24(29)32-25(2,3)4/h6,10,12-16,19,22H,5,7-9,11,17H2,1-4H3. The molecule has 2 aromatic rings. The molecule has 0 radical (unpaired) electrons. The van der Waals surface area contributed by atoms with Gasteiger partial charge in [0.15, 0.2) is 0 Å².